The van der Waals surface area contributed by atoms with Crippen LogP contribution in [0.5, 0.6) is 0 Å². The van der Waals surface area contributed by atoms with E-state index < -0.39 is 0 Å². The van der Waals surface area contributed by atoms with E-state index >= 15 is 0 Å². The largest absolute Gasteiger partial charge is 0.459 e. The molecule has 0 fully saturated rings. The monoisotopic (exact) mass is 441 g/mol. The van der Waals surface area contributed by atoms with Crippen LogP contribution in [0.3, 0.4) is 0 Å². The molecule has 0 unspecified atom stereocenters. The lowest BCUT2D eigenvalue weighted by atomic mass is 9.87. The van der Waals surface area contributed by atoms with Gasteiger partial charge < -0.3 is 4.42 Å². The molecular weight excluding hydrogens is 410 g/mol. The quantitative estimate of drug-likeness (QED) is 0.277. The summed E-state index contributed by atoms with van der Waals surface area (Å²) >= 11 is 1.82. The van der Waals surface area contributed by atoms with Crippen LogP contribution in [0, 0.1) is 6.92 Å². The Balaban J connectivity index is 1.78. The summed E-state index contributed by atoms with van der Waals surface area (Å²) in [6.45, 7) is 13.4. The van der Waals surface area contributed by atoms with Crippen LogP contribution in [-0.4, -0.2) is 4.98 Å². The normalized spacial score (nSPS) is 12.6. The van der Waals surface area contributed by atoms with Crippen LogP contribution < -0.4 is 0 Å². The molecule has 5 rings (SSSR count). The SMILES string of the molecule is CCC(CC)c1cc(-c2nccc3c2sc2c(C)c(C(C)(C)C)oc23)cc2ccccc12. The molecule has 32 heavy (non-hydrogen) atoms. The van der Waals surface area contributed by atoms with Crippen LogP contribution in [0.4, 0.5) is 0 Å². The third-order valence-electron chi connectivity index (χ3n) is 6.72. The molecule has 0 aliphatic rings. The van der Waals surface area contributed by atoms with Gasteiger partial charge in [0, 0.05) is 28.1 Å². The molecule has 164 valence electrons. The Morgan fingerprint density at radius 3 is 2.44 bits per heavy atom. The topological polar surface area (TPSA) is 26.0 Å². The van der Waals surface area contributed by atoms with Crippen molar-refractivity contribution >= 4 is 42.5 Å². The lowest BCUT2D eigenvalue weighted by Crippen LogP contribution is -2.10. The van der Waals surface area contributed by atoms with Crippen LogP contribution in [0.2, 0.25) is 0 Å². The lowest BCUT2D eigenvalue weighted by molar-refractivity contribution is 0.428. The minimum absolute atomic E-state index is 0.00638. The van der Waals surface area contributed by atoms with Gasteiger partial charge in [0.1, 0.15) is 5.76 Å². The second-order valence-electron chi connectivity index (χ2n) is 9.90. The van der Waals surface area contributed by atoms with Gasteiger partial charge in [-0.1, -0.05) is 58.9 Å². The number of fused-ring (bicyclic) bond motifs is 4. The molecule has 0 aliphatic heterocycles. The highest BCUT2D eigenvalue weighted by Gasteiger charge is 2.26. The third-order valence-corrected chi connectivity index (χ3v) is 8.03. The molecule has 5 aromatic rings. The van der Waals surface area contributed by atoms with Crippen molar-refractivity contribution < 1.29 is 4.42 Å². The number of aromatic nitrogens is 1. The number of hydrogen-bond donors (Lipinski definition) is 0. The number of thiophene rings is 1. The van der Waals surface area contributed by atoms with Gasteiger partial charge >= 0.3 is 0 Å². The van der Waals surface area contributed by atoms with Crippen LogP contribution in [0.15, 0.2) is 53.1 Å². The summed E-state index contributed by atoms with van der Waals surface area (Å²) in [5.41, 5.74) is 5.97. The van der Waals surface area contributed by atoms with E-state index in [1.165, 1.54) is 42.2 Å². The summed E-state index contributed by atoms with van der Waals surface area (Å²) in [5, 5.41) is 3.82. The van der Waals surface area contributed by atoms with Crippen molar-refractivity contribution in [1.82, 2.24) is 4.98 Å². The zero-order valence-corrected chi connectivity index (χ0v) is 20.7. The van der Waals surface area contributed by atoms with Gasteiger partial charge in [0.05, 0.1) is 15.1 Å². The average molecular weight is 442 g/mol. The van der Waals surface area contributed by atoms with E-state index in [-0.39, 0.29) is 5.41 Å². The fraction of sp³-hybridized carbons (Fsp3) is 0.345. The first-order valence-electron chi connectivity index (χ1n) is 11.7. The van der Waals surface area contributed by atoms with Crippen molar-refractivity contribution in [2.75, 3.05) is 0 Å². The van der Waals surface area contributed by atoms with Crippen molar-refractivity contribution in [3.63, 3.8) is 0 Å². The van der Waals surface area contributed by atoms with Gasteiger partial charge in [-0.2, -0.15) is 0 Å². The smallest absolute Gasteiger partial charge is 0.153 e. The maximum Gasteiger partial charge on any atom is 0.153 e. The molecule has 0 spiro atoms. The second-order valence-corrected chi connectivity index (χ2v) is 10.9. The number of benzene rings is 2. The van der Waals surface area contributed by atoms with Crippen LogP contribution in [-0.2, 0) is 5.41 Å². The van der Waals surface area contributed by atoms with E-state index in [9.17, 15) is 0 Å². The predicted octanol–water partition coefficient (Wildman–Crippen LogP) is 9.37. The number of aryl methyl sites for hydroxylation is 1. The Hall–Kier alpha value is -2.65. The summed E-state index contributed by atoms with van der Waals surface area (Å²) in [7, 11) is 0. The van der Waals surface area contributed by atoms with Gasteiger partial charge in [0.2, 0.25) is 0 Å². The van der Waals surface area contributed by atoms with Crippen molar-refractivity contribution in [2.45, 2.75) is 65.7 Å². The Labute approximate surface area is 194 Å². The summed E-state index contributed by atoms with van der Waals surface area (Å²) in [6.07, 6.45) is 4.22. The van der Waals surface area contributed by atoms with E-state index in [0.717, 1.165) is 29.9 Å². The molecular formula is C29H31NOS. The number of hydrogen-bond acceptors (Lipinski definition) is 3. The summed E-state index contributed by atoms with van der Waals surface area (Å²) in [6, 6.07) is 15.6. The number of pyridine rings is 1. The molecule has 2 nitrogen and oxygen atoms in total. The highest BCUT2D eigenvalue weighted by atomic mass is 32.1. The Morgan fingerprint density at radius 2 is 1.72 bits per heavy atom. The van der Waals surface area contributed by atoms with Gasteiger partial charge in [-0.05, 0) is 60.2 Å². The van der Waals surface area contributed by atoms with Crippen molar-refractivity contribution in [1.29, 1.82) is 0 Å². The maximum atomic E-state index is 6.46. The highest BCUT2D eigenvalue weighted by Crippen LogP contribution is 2.45. The van der Waals surface area contributed by atoms with Gasteiger partial charge in [-0.25, -0.2) is 0 Å². The first-order chi connectivity index (χ1) is 15.3. The zero-order valence-electron chi connectivity index (χ0n) is 19.9. The van der Waals surface area contributed by atoms with Crippen molar-refractivity contribution in [3.8, 4) is 11.3 Å². The van der Waals surface area contributed by atoms with Gasteiger partial charge in [-0.3, -0.25) is 4.98 Å². The van der Waals surface area contributed by atoms with Gasteiger partial charge in [0.25, 0.3) is 0 Å². The number of nitrogens with zero attached hydrogens (tertiary/aromatic N) is 1. The fourth-order valence-corrected chi connectivity index (χ4v) is 6.33. The average Bonchev–Trinajstić information content (AvgIpc) is 3.31. The Morgan fingerprint density at radius 1 is 0.969 bits per heavy atom. The minimum Gasteiger partial charge on any atom is -0.459 e. The molecule has 0 aliphatic carbocycles. The number of rotatable bonds is 4. The molecule has 0 atom stereocenters. The Kier molecular flexibility index (Phi) is 5.13. The van der Waals surface area contributed by atoms with Crippen molar-refractivity contribution in [2.24, 2.45) is 0 Å². The molecule has 3 aromatic heterocycles. The Bertz CT molecular complexity index is 1440. The molecule has 0 bridgehead atoms. The van der Waals surface area contributed by atoms with E-state index in [4.69, 9.17) is 9.40 Å². The summed E-state index contributed by atoms with van der Waals surface area (Å²) in [5.74, 6) is 1.64. The third kappa shape index (κ3) is 3.26. The fourth-order valence-electron chi connectivity index (χ4n) is 5.10. The van der Waals surface area contributed by atoms with Gasteiger partial charge in [-0.15, -0.1) is 11.3 Å². The minimum atomic E-state index is -0.00638. The number of furan rings is 1. The molecule has 0 radical (unpaired) electrons. The van der Waals surface area contributed by atoms with E-state index in [1.807, 2.05) is 17.5 Å². The molecule has 0 saturated carbocycles. The van der Waals surface area contributed by atoms with E-state index in [0.29, 0.717) is 5.92 Å². The summed E-state index contributed by atoms with van der Waals surface area (Å²) in [4.78, 5) is 4.88. The molecule has 0 N–H and O–H groups in total. The molecule has 3 heterocycles. The molecule has 0 saturated heterocycles. The first kappa shape index (κ1) is 21.2. The van der Waals surface area contributed by atoms with Crippen LogP contribution in [0.1, 0.15) is 70.3 Å². The highest BCUT2D eigenvalue weighted by molar-refractivity contribution is 7.26. The van der Waals surface area contributed by atoms with E-state index in [1.54, 1.807) is 0 Å². The molecule has 0 amide bonds. The second kappa shape index (κ2) is 7.74. The standard InChI is InChI=1S/C29H31NOS/c1-7-18(8-2)23-16-20(15-19-11-9-10-12-21(19)23)24-27-22(13-14-30-24)25-26(32-27)17(3)28(31-25)29(4,5)6/h9-16,18H,7-8H2,1-6H3. The molecule has 2 aromatic carbocycles. The van der Waals surface area contributed by atoms with Gasteiger partial charge in [0.15, 0.2) is 5.58 Å². The zero-order chi connectivity index (χ0) is 22.6. The maximum absolute atomic E-state index is 6.46. The molecule has 3 heteroatoms. The van der Waals surface area contributed by atoms with Crippen LogP contribution in [0.25, 0.3) is 42.4 Å². The lowest BCUT2D eigenvalue weighted by Gasteiger charge is -2.18. The van der Waals surface area contributed by atoms with Crippen molar-refractivity contribution in [3.05, 3.63) is 65.5 Å². The summed E-state index contributed by atoms with van der Waals surface area (Å²) < 4.78 is 8.93. The first-order valence-corrected chi connectivity index (χ1v) is 12.5. The van der Waals surface area contributed by atoms with Crippen LogP contribution >= 0.6 is 11.3 Å². The predicted molar refractivity (Wildman–Crippen MR) is 139 cm³/mol. The van der Waals surface area contributed by atoms with E-state index in [2.05, 4.69) is 84.0 Å².